The van der Waals surface area contributed by atoms with Gasteiger partial charge in [0.15, 0.2) is 0 Å². The number of hydrazone groups is 2. The van der Waals surface area contributed by atoms with Crippen molar-refractivity contribution in [3.8, 4) is 5.75 Å². The summed E-state index contributed by atoms with van der Waals surface area (Å²) in [4.78, 5) is 8.43. The third-order valence-electron chi connectivity index (χ3n) is 4.13. The quantitative estimate of drug-likeness (QED) is 0.390. The number of benzene rings is 1. The number of phenols is 1. The van der Waals surface area contributed by atoms with Crippen molar-refractivity contribution >= 4 is 24.3 Å². The molecule has 2 aliphatic heterocycles. The second-order valence-electron chi connectivity index (χ2n) is 7.31. The molecule has 0 fully saturated rings. The first-order valence-corrected chi connectivity index (χ1v) is 8.96. The number of hydrogen-bond acceptors (Lipinski definition) is 9. The Morgan fingerprint density at radius 1 is 0.963 bits per heavy atom. The monoisotopic (exact) mass is 370 g/mol. The Morgan fingerprint density at radius 3 is 1.81 bits per heavy atom. The molecule has 0 atom stereocenters. The number of aromatic hydroxyl groups is 1. The number of nitrogens with zero attached hydrogens (tertiary/aromatic N) is 4. The molecule has 1 aromatic carbocycles. The van der Waals surface area contributed by atoms with Crippen LogP contribution in [0.25, 0.3) is 0 Å². The van der Waals surface area contributed by atoms with Gasteiger partial charge in [0.1, 0.15) is 5.75 Å². The van der Waals surface area contributed by atoms with E-state index in [2.05, 4.69) is 62.4 Å². The molecule has 27 heavy (non-hydrogen) atoms. The van der Waals surface area contributed by atoms with Crippen LogP contribution in [0.3, 0.4) is 0 Å². The van der Waals surface area contributed by atoms with Gasteiger partial charge in [-0.25, -0.2) is 20.8 Å². The molecule has 9 nitrogen and oxygen atoms in total. The van der Waals surface area contributed by atoms with E-state index in [1.165, 1.54) is 0 Å². The molecule has 2 aliphatic rings. The van der Waals surface area contributed by atoms with Crippen LogP contribution in [0.15, 0.2) is 32.3 Å². The molecular weight excluding hydrogens is 344 g/mol. The summed E-state index contributed by atoms with van der Waals surface area (Å²) in [7, 11) is 0. The maximum atomic E-state index is 10.6. The van der Waals surface area contributed by atoms with E-state index in [0.717, 1.165) is 31.7 Å². The van der Waals surface area contributed by atoms with Crippen LogP contribution < -0.4 is 21.5 Å². The molecule has 0 aromatic heterocycles. The summed E-state index contributed by atoms with van der Waals surface area (Å²) >= 11 is 0. The topological polar surface area (TPSA) is 118 Å². The smallest absolute Gasteiger partial charge is 0.212 e. The van der Waals surface area contributed by atoms with Gasteiger partial charge in [-0.2, -0.15) is 10.2 Å². The van der Waals surface area contributed by atoms with E-state index < -0.39 is 0 Å². The fourth-order valence-electron chi connectivity index (χ4n) is 2.58. The molecular formula is C18H26N8O. The summed E-state index contributed by atoms with van der Waals surface area (Å²) in [6, 6.07) is 3.86. The standard InChI is InChI=1S/C18H26N8O/c1-18(2,3)14-8-12(10-23-25-16-19-4-5-20-16)15(27)13(9-14)11-24-26-17-21-6-7-22-17/h8-11,27H,4-7H2,1-3H3,(H2,19,20,25)(H2,21,22,26). The summed E-state index contributed by atoms with van der Waals surface area (Å²) in [5, 5.41) is 25.1. The molecule has 0 aliphatic carbocycles. The molecule has 3 rings (SSSR count). The van der Waals surface area contributed by atoms with Crippen LogP contribution >= 0.6 is 0 Å². The Balaban J connectivity index is 1.82. The molecule has 0 spiro atoms. The van der Waals surface area contributed by atoms with Gasteiger partial charge in [0.05, 0.1) is 25.5 Å². The van der Waals surface area contributed by atoms with Crippen LogP contribution in [-0.2, 0) is 5.41 Å². The third-order valence-corrected chi connectivity index (χ3v) is 4.13. The SMILES string of the molecule is CC(C)(C)c1cc(C=NNC2=NCCN2)c(O)c(C=NNC2=NCCN2)c1. The molecule has 0 saturated carbocycles. The van der Waals surface area contributed by atoms with Crippen molar-refractivity contribution in [1.82, 2.24) is 21.5 Å². The maximum absolute atomic E-state index is 10.6. The van der Waals surface area contributed by atoms with Gasteiger partial charge in [-0.3, -0.25) is 0 Å². The summed E-state index contributed by atoms with van der Waals surface area (Å²) in [6.45, 7) is 9.42. The Morgan fingerprint density at radius 2 is 1.44 bits per heavy atom. The van der Waals surface area contributed by atoms with Crippen LogP contribution in [-0.4, -0.2) is 55.6 Å². The van der Waals surface area contributed by atoms with E-state index in [4.69, 9.17) is 0 Å². The fourth-order valence-corrected chi connectivity index (χ4v) is 2.58. The van der Waals surface area contributed by atoms with Gasteiger partial charge >= 0.3 is 0 Å². The minimum absolute atomic E-state index is 0.0894. The average Bonchev–Trinajstić information content (AvgIpc) is 3.30. The van der Waals surface area contributed by atoms with Crippen molar-refractivity contribution in [2.75, 3.05) is 26.2 Å². The van der Waals surface area contributed by atoms with Crippen LogP contribution in [0.5, 0.6) is 5.75 Å². The van der Waals surface area contributed by atoms with Gasteiger partial charge in [-0.15, -0.1) is 0 Å². The van der Waals surface area contributed by atoms with Crippen molar-refractivity contribution in [3.05, 3.63) is 28.8 Å². The lowest BCUT2D eigenvalue weighted by Gasteiger charge is -2.21. The summed E-state index contributed by atoms with van der Waals surface area (Å²) in [5.74, 6) is 1.38. The van der Waals surface area contributed by atoms with Gasteiger partial charge < -0.3 is 15.7 Å². The molecule has 0 amide bonds. The van der Waals surface area contributed by atoms with Crippen molar-refractivity contribution < 1.29 is 5.11 Å². The Hall–Kier alpha value is -3.10. The van der Waals surface area contributed by atoms with Crippen LogP contribution in [0, 0.1) is 0 Å². The molecule has 0 radical (unpaired) electrons. The normalized spacial score (nSPS) is 17.0. The van der Waals surface area contributed by atoms with Gasteiger partial charge in [0, 0.05) is 24.2 Å². The van der Waals surface area contributed by atoms with Crippen LogP contribution in [0.1, 0.15) is 37.5 Å². The zero-order valence-corrected chi connectivity index (χ0v) is 15.9. The summed E-state index contributed by atoms with van der Waals surface area (Å²) in [6.07, 6.45) is 3.17. The van der Waals surface area contributed by atoms with E-state index in [-0.39, 0.29) is 11.2 Å². The van der Waals surface area contributed by atoms with Crippen LogP contribution in [0.4, 0.5) is 0 Å². The molecule has 2 heterocycles. The molecule has 1 aromatic rings. The number of phenolic OH excluding ortho intramolecular Hbond substituents is 1. The highest BCUT2D eigenvalue weighted by molar-refractivity contribution is 5.93. The van der Waals surface area contributed by atoms with E-state index in [1.54, 1.807) is 12.4 Å². The first-order valence-electron chi connectivity index (χ1n) is 8.96. The predicted molar refractivity (Wildman–Crippen MR) is 109 cm³/mol. The first kappa shape index (κ1) is 18.7. The zero-order valence-electron chi connectivity index (χ0n) is 15.9. The van der Waals surface area contributed by atoms with Crippen molar-refractivity contribution in [3.63, 3.8) is 0 Å². The second kappa shape index (κ2) is 8.07. The number of nitrogens with one attached hydrogen (secondary N) is 4. The van der Waals surface area contributed by atoms with Crippen molar-refractivity contribution in [2.24, 2.45) is 20.2 Å². The van der Waals surface area contributed by atoms with Crippen molar-refractivity contribution in [1.29, 1.82) is 0 Å². The molecule has 0 bridgehead atoms. The lowest BCUT2D eigenvalue weighted by Crippen LogP contribution is -2.30. The molecule has 5 N–H and O–H groups in total. The molecule has 0 unspecified atom stereocenters. The minimum Gasteiger partial charge on any atom is -0.507 e. The lowest BCUT2D eigenvalue weighted by molar-refractivity contribution is 0.472. The Bertz CT molecular complexity index is 747. The van der Waals surface area contributed by atoms with E-state index in [9.17, 15) is 5.11 Å². The van der Waals surface area contributed by atoms with Gasteiger partial charge in [-0.05, 0) is 23.1 Å². The van der Waals surface area contributed by atoms with Crippen LogP contribution in [0.2, 0.25) is 0 Å². The van der Waals surface area contributed by atoms with E-state index in [1.807, 2.05) is 12.1 Å². The molecule has 9 heteroatoms. The average molecular weight is 370 g/mol. The number of aliphatic imine (C=N–C) groups is 2. The van der Waals surface area contributed by atoms with Gasteiger partial charge in [-0.1, -0.05) is 20.8 Å². The largest absolute Gasteiger partial charge is 0.507 e. The maximum Gasteiger partial charge on any atom is 0.212 e. The highest BCUT2D eigenvalue weighted by Crippen LogP contribution is 2.29. The number of rotatable bonds is 4. The molecule has 144 valence electrons. The number of hydrogen-bond donors (Lipinski definition) is 5. The van der Waals surface area contributed by atoms with Gasteiger partial charge in [0.25, 0.3) is 0 Å². The lowest BCUT2D eigenvalue weighted by atomic mass is 9.85. The van der Waals surface area contributed by atoms with Gasteiger partial charge in [0.2, 0.25) is 11.9 Å². The highest BCUT2D eigenvalue weighted by Gasteiger charge is 2.18. The first-order chi connectivity index (χ1) is 12.9. The molecule has 0 saturated heterocycles. The van der Waals surface area contributed by atoms with E-state index >= 15 is 0 Å². The van der Waals surface area contributed by atoms with Crippen molar-refractivity contribution in [2.45, 2.75) is 26.2 Å². The zero-order chi connectivity index (χ0) is 19.3. The fraction of sp³-hybridized carbons (Fsp3) is 0.444. The summed E-state index contributed by atoms with van der Waals surface area (Å²) in [5.41, 5.74) is 7.87. The Labute approximate surface area is 158 Å². The Kier molecular flexibility index (Phi) is 5.58. The highest BCUT2D eigenvalue weighted by atomic mass is 16.3. The number of guanidine groups is 2. The minimum atomic E-state index is -0.0894. The summed E-state index contributed by atoms with van der Waals surface area (Å²) < 4.78 is 0. The van der Waals surface area contributed by atoms with E-state index in [0.29, 0.717) is 23.0 Å². The third kappa shape index (κ3) is 4.96. The predicted octanol–water partition coefficient (Wildman–Crippen LogP) is 0.455. The second-order valence-corrected chi connectivity index (χ2v) is 7.31.